The molecule has 0 amide bonds. The van der Waals surface area contributed by atoms with Gasteiger partial charge in [0, 0.05) is 0 Å². The van der Waals surface area contributed by atoms with Crippen molar-refractivity contribution in [2.45, 2.75) is 75.1 Å². The van der Waals surface area contributed by atoms with E-state index in [1.54, 1.807) is 0 Å². The van der Waals surface area contributed by atoms with Gasteiger partial charge in [0.1, 0.15) is 12.2 Å². The summed E-state index contributed by atoms with van der Waals surface area (Å²) in [5.74, 6) is 0. The van der Waals surface area contributed by atoms with E-state index in [0.717, 1.165) is 12.8 Å². The summed E-state index contributed by atoms with van der Waals surface area (Å²) in [6.45, 7) is 0. The first-order chi connectivity index (χ1) is 8.09. The van der Waals surface area contributed by atoms with Crippen molar-refractivity contribution in [2.75, 3.05) is 0 Å². The van der Waals surface area contributed by atoms with E-state index in [4.69, 9.17) is 4.74 Å². The molecule has 0 heterocycles. The molecule has 2 aliphatic rings. The van der Waals surface area contributed by atoms with Gasteiger partial charge in [-0.1, -0.05) is 0 Å². The van der Waals surface area contributed by atoms with Crippen molar-refractivity contribution in [3.05, 3.63) is 0 Å². The van der Waals surface area contributed by atoms with Crippen molar-refractivity contribution in [3.63, 3.8) is 0 Å². The van der Waals surface area contributed by atoms with Gasteiger partial charge in [-0.15, -0.1) is 0 Å². The number of ether oxygens (including phenoxy) is 1. The van der Waals surface area contributed by atoms with Gasteiger partial charge in [-0.3, -0.25) is 0 Å². The zero-order chi connectivity index (χ0) is 12.4. The molecular formula is C12H22O5. The summed E-state index contributed by atoms with van der Waals surface area (Å²) >= 11 is 0. The Labute approximate surface area is 101 Å². The number of rotatable bonds is 2. The molecule has 0 spiro atoms. The molecule has 6 atom stereocenters. The van der Waals surface area contributed by atoms with Gasteiger partial charge in [0.25, 0.3) is 0 Å². The minimum Gasteiger partial charge on any atom is -0.390 e. The Balaban J connectivity index is 1.90. The highest BCUT2D eigenvalue weighted by Crippen LogP contribution is 2.28. The lowest BCUT2D eigenvalue weighted by molar-refractivity contribution is -0.181. The molecule has 0 saturated heterocycles. The molecule has 2 fully saturated rings. The minimum absolute atomic E-state index is 0.427. The van der Waals surface area contributed by atoms with Gasteiger partial charge in [0.2, 0.25) is 0 Å². The van der Waals surface area contributed by atoms with Crippen LogP contribution >= 0.6 is 0 Å². The van der Waals surface area contributed by atoms with E-state index in [1.807, 2.05) is 0 Å². The maximum absolute atomic E-state index is 9.80. The molecule has 0 aromatic carbocycles. The Morgan fingerprint density at radius 3 is 1.47 bits per heavy atom. The fourth-order valence-electron chi connectivity index (χ4n) is 2.76. The van der Waals surface area contributed by atoms with Crippen molar-refractivity contribution in [2.24, 2.45) is 0 Å². The fourth-order valence-corrected chi connectivity index (χ4v) is 2.76. The second-order valence-electron chi connectivity index (χ2n) is 5.19. The van der Waals surface area contributed by atoms with Crippen LogP contribution in [-0.2, 0) is 4.74 Å². The zero-order valence-electron chi connectivity index (χ0n) is 9.90. The maximum Gasteiger partial charge on any atom is 0.106 e. The molecule has 0 radical (unpaired) electrons. The summed E-state index contributed by atoms with van der Waals surface area (Å²) in [6, 6.07) is 0. The number of aliphatic hydroxyl groups excluding tert-OH is 4. The van der Waals surface area contributed by atoms with E-state index in [-0.39, 0.29) is 0 Å². The average molecular weight is 246 g/mol. The van der Waals surface area contributed by atoms with Gasteiger partial charge in [-0.05, 0) is 38.5 Å². The van der Waals surface area contributed by atoms with Crippen LogP contribution in [0.2, 0.25) is 0 Å². The predicted octanol–water partition coefficient (Wildman–Crippen LogP) is -0.448. The molecule has 0 aromatic rings. The molecule has 2 rings (SSSR count). The summed E-state index contributed by atoms with van der Waals surface area (Å²) in [7, 11) is 0. The molecule has 17 heavy (non-hydrogen) atoms. The van der Waals surface area contributed by atoms with Crippen LogP contribution in [0.15, 0.2) is 0 Å². The van der Waals surface area contributed by atoms with Gasteiger partial charge >= 0.3 is 0 Å². The third-order valence-electron chi connectivity index (χ3n) is 3.88. The summed E-state index contributed by atoms with van der Waals surface area (Å²) in [5, 5.41) is 38.7. The van der Waals surface area contributed by atoms with E-state index >= 15 is 0 Å². The summed E-state index contributed by atoms with van der Waals surface area (Å²) in [6.07, 6.45) is 0.113. The van der Waals surface area contributed by atoms with Crippen LogP contribution in [0.3, 0.4) is 0 Å². The first-order valence-corrected chi connectivity index (χ1v) is 6.47. The topological polar surface area (TPSA) is 90.2 Å². The second kappa shape index (κ2) is 5.63. The van der Waals surface area contributed by atoms with Crippen LogP contribution in [-0.4, -0.2) is 57.0 Å². The molecule has 4 N–H and O–H groups in total. The highest BCUT2D eigenvalue weighted by atomic mass is 16.5. The van der Waals surface area contributed by atoms with Crippen LogP contribution in [0.4, 0.5) is 0 Å². The SMILES string of the molecule is OC1CCCC(OC2CCCC(O)C2O)C1O. The Bertz CT molecular complexity index is 223. The van der Waals surface area contributed by atoms with Crippen molar-refractivity contribution in [3.8, 4) is 0 Å². The largest absolute Gasteiger partial charge is 0.390 e. The molecule has 2 aliphatic carbocycles. The quantitative estimate of drug-likeness (QED) is 0.530. The molecule has 0 aliphatic heterocycles. The molecule has 5 heteroatoms. The van der Waals surface area contributed by atoms with E-state index in [2.05, 4.69) is 0 Å². The third kappa shape index (κ3) is 2.98. The molecule has 6 unspecified atom stereocenters. The average Bonchev–Trinajstić information content (AvgIpc) is 2.31. The van der Waals surface area contributed by atoms with E-state index < -0.39 is 36.6 Å². The maximum atomic E-state index is 9.80. The summed E-state index contributed by atoms with van der Waals surface area (Å²) < 4.78 is 5.68. The molecule has 0 aromatic heterocycles. The zero-order valence-corrected chi connectivity index (χ0v) is 9.90. The Hall–Kier alpha value is -0.200. The lowest BCUT2D eigenvalue weighted by Crippen LogP contribution is -2.49. The first kappa shape index (κ1) is 13.2. The van der Waals surface area contributed by atoms with Crippen molar-refractivity contribution >= 4 is 0 Å². The lowest BCUT2D eigenvalue weighted by Gasteiger charge is -2.38. The lowest BCUT2D eigenvalue weighted by atomic mass is 9.89. The molecule has 0 bridgehead atoms. The van der Waals surface area contributed by atoms with Crippen molar-refractivity contribution < 1.29 is 25.2 Å². The van der Waals surface area contributed by atoms with Crippen LogP contribution in [0.5, 0.6) is 0 Å². The Morgan fingerprint density at radius 2 is 1.06 bits per heavy atom. The molecule has 5 nitrogen and oxygen atoms in total. The first-order valence-electron chi connectivity index (χ1n) is 6.47. The highest BCUT2D eigenvalue weighted by Gasteiger charge is 2.37. The van der Waals surface area contributed by atoms with Gasteiger partial charge < -0.3 is 25.2 Å². The summed E-state index contributed by atoms with van der Waals surface area (Å²) in [4.78, 5) is 0. The van der Waals surface area contributed by atoms with E-state index in [9.17, 15) is 20.4 Å². The second-order valence-corrected chi connectivity index (χ2v) is 5.19. The van der Waals surface area contributed by atoms with E-state index in [0.29, 0.717) is 25.7 Å². The van der Waals surface area contributed by atoms with Gasteiger partial charge in [0.05, 0.1) is 24.4 Å². The van der Waals surface area contributed by atoms with Crippen LogP contribution < -0.4 is 0 Å². The van der Waals surface area contributed by atoms with E-state index in [1.165, 1.54) is 0 Å². The van der Waals surface area contributed by atoms with Crippen LogP contribution in [0.1, 0.15) is 38.5 Å². The Morgan fingerprint density at radius 1 is 0.647 bits per heavy atom. The Kier molecular flexibility index (Phi) is 4.38. The van der Waals surface area contributed by atoms with Crippen molar-refractivity contribution in [1.82, 2.24) is 0 Å². The number of hydrogen-bond donors (Lipinski definition) is 4. The normalized spacial score (nSPS) is 48.0. The minimum atomic E-state index is -0.880. The highest BCUT2D eigenvalue weighted by molar-refractivity contribution is 4.87. The smallest absolute Gasteiger partial charge is 0.106 e. The third-order valence-corrected chi connectivity index (χ3v) is 3.88. The predicted molar refractivity (Wildman–Crippen MR) is 60.4 cm³/mol. The van der Waals surface area contributed by atoms with Gasteiger partial charge in [0.15, 0.2) is 0 Å². The van der Waals surface area contributed by atoms with Crippen molar-refractivity contribution in [1.29, 1.82) is 0 Å². The monoisotopic (exact) mass is 246 g/mol. The molecule has 100 valence electrons. The number of hydrogen-bond acceptors (Lipinski definition) is 5. The van der Waals surface area contributed by atoms with Crippen LogP contribution in [0.25, 0.3) is 0 Å². The summed E-state index contributed by atoms with van der Waals surface area (Å²) in [5.41, 5.74) is 0. The number of aliphatic hydroxyl groups is 4. The molecule has 2 saturated carbocycles. The fraction of sp³-hybridized carbons (Fsp3) is 1.00. The van der Waals surface area contributed by atoms with Gasteiger partial charge in [-0.2, -0.15) is 0 Å². The van der Waals surface area contributed by atoms with Crippen LogP contribution in [0, 0.1) is 0 Å². The van der Waals surface area contributed by atoms with Gasteiger partial charge in [-0.25, -0.2) is 0 Å². The standard InChI is InChI=1S/C12H22O5/c13-7-3-1-5-9(11(7)15)17-10-6-2-4-8(14)12(10)16/h7-16H,1-6H2. The molecular weight excluding hydrogens is 224 g/mol.